The van der Waals surface area contributed by atoms with Gasteiger partial charge in [0.25, 0.3) is 0 Å². The molecule has 0 aromatic carbocycles. The van der Waals surface area contributed by atoms with Crippen molar-refractivity contribution in [2.45, 2.75) is 135 Å². The van der Waals surface area contributed by atoms with Gasteiger partial charge in [0.15, 0.2) is 19.6 Å². The molecule has 0 rings (SSSR count). The van der Waals surface area contributed by atoms with Crippen molar-refractivity contribution >= 4 is 17.9 Å². The lowest BCUT2D eigenvalue weighted by Gasteiger charge is -2.34. The van der Waals surface area contributed by atoms with E-state index in [9.17, 15) is 14.4 Å². The molecule has 0 unspecified atom stereocenters. The Hall–Kier alpha value is -1.89. The highest BCUT2D eigenvalue weighted by atomic mass is 16.4. The number of hydrogen-bond donors (Lipinski definition) is 3. The van der Waals surface area contributed by atoms with Crippen LogP contribution >= 0.6 is 0 Å². The first-order valence-electron chi connectivity index (χ1n) is 15.0. The van der Waals surface area contributed by atoms with Crippen LogP contribution in [-0.4, -0.2) is 63.9 Å². The number of nitrogens with zero attached hydrogens (tertiary/aromatic N) is 1. The zero-order valence-electron chi connectivity index (χ0n) is 23.6. The monoisotopic (exact) mass is 526 g/mol. The van der Waals surface area contributed by atoms with Crippen LogP contribution in [0.1, 0.15) is 135 Å². The SMILES string of the molecule is CCCCCCCCCCCCCC/C=C/CCCCCCCC[N+](CC(=O)O)(CC(=O)O)CC(=O)O. The maximum absolute atomic E-state index is 11.2. The van der Waals surface area contributed by atoms with E-state index < -0.39 is 42.0 Å². The average Bonchev–Trinajstić information content (AvgIpc) is 2.81. The van der Waals surface area contributed by atoms with E-state index in [1.807, 2.05) is 0 Å². The van der Waals surface area contributed by atoms with Gasteiger partial charge in [0.1, 0.15) is 0 Å². The van der Waals surface area contributed by atoms with E-state index in [1.54, 1.807) is 0 Å². The van der Waals surface area contributed by atoms with E-state index in [1.165, 1.54) is 83.5 Å². The lowest BCUT2D eigenvalue weighted by molar-refractivity contribution is -0.907. The number of hydrogen-bond acceptors (Lipinski definition) is 3. The van der Waals surface area contributed by atoms with Gasteiger partial charge in [-0.2, -0.15) is 0 Å². The molecule has 0 atom stereocenters. The largest absolute Gasteiger partial charge is 0.477 e. The molecule has 0 aliphatic rings. The smallest absolute Gasteiger partial charge is 0.359 e. The van der Waals surface area contributed by atoms with Crippen LogP contribution in [0.4, 0.5) is 0 Å². The Morgan fingerprint density at radius 1 is 0.486 bits per heavy atom. The van der Waals surface area contributed by atoms with Gasteiger partial charge in [0.05, 0.1) is 6.54 Å². The van der Waals surface area contributed by atoms with Gasteiger partial charge in [-0.05, 0) is 38.5 Å². The third kappa shape index (κ3) is 24.2. The van der Waals surface area contributed by atoms with Gasteiger partial charge in [0, 0.05) is 0 Å². The van der Waals surface area contributed by atoms with E-state index in [0.717, 1.165) is 38.5 Å². The maximum atomic E-state index is 11.2. The van der Waals surface area contributed by atoms with E-state index >= 15 is 0 Å². The Labute approximate surface area is 225 Å². The van der Waals surface area contributed by atoms with E-state index in [2.05, 4.69) is 19.1 Å². The highest BCUT2D eigenvalue weighted by molar-refractivity contribution is 5.73. The standard InChI is InChI=1S/C30H55NO6/c1-2-3-4-5-6-7-8-9-10-11-12-13-14-15-16-17-18-19-20-21-22-23-24-31(25-28(32)33,26-29(34)35)27-30(36)37/h15-16H,2-14,17-27H2,1H3,(H2-,32,33,34,35,36,37)/p+1/b16-15+. The van der Waals surface area contributed by atoms with Gasteiger partial charge >= 0.3 is 17.9 Å². The van der Waals surface area contributed by atoms with Crippen molar-refractivity contribution in [2.75, 3.05) is 26.2 Å². The van der Waals surface area contributed by atoms with Crippen LogP contribution in [0.2, 0.25) is 0 Å². The Bertz CT molecular complexity index is 578. The van der Waals surface area contributed by atoms with Gasteiger partial charge in [-0.25, -0.2) is 14.4 Å². The topological polar surface area (TPSA) is 112 Å². The first kappa shape index (κ1) is 35.1. The highest BCUT2D eigenvalue weighted by Crippen LogP contribution is 2.15. The molecule has 7 nitrogen and oxygen atoms in total. The molecule has 0 spiro atoms. The number of rotatable bonds is 28. The van der Waals surface area contributed by atoms with Crippen LogP contribution in [0, 0.1) is 0 Å². The zero-order valence-corrected chi connectivity index (χ0v) is 23.6. The normalized spacial score (nSPS) is 11.8. The summed E-state index contributed by atoms with van der Waals surface area (Å²) in [7, 11) is 0. The Morgan fingerprint density at radius 2 is 0.784 bits per heavy atom. The van der Waals surface area contributed by atoms with Crippen molar-refractivity contribution in [3.05, 3.63) is 12.2 Å². The molecular formula is C30H56NO6+. The molecule has 0 radical (unpaired) electrons. The number of aliphatic carboxylic acids is 3. The molecule has 7 heteroatoms. The fourth-order valence-electron chi connectivity index (χ4n) is 5.02. The van der Waals surface area contributed by atoms with E-state index in [4.69, 9.17) is 15.3 Å². The molecule has 0 bridgehead atoms. The van der Waals surface area contributed by atoms with Gasteiger partial charge in [-0.1, -0.05) is 109 Å². The molecule has 0 aromatic rings. The summed E-state index contributed by atoms with van der Waals surface area (Å²) in [5.41, 5.74) is 0. The molecule has 216 valence electrons. The minimum atomic E-state index is -1.17. The predicted molar refractivity (Wildman–Crippen MR) is 150 cm³/mol. The Kier molecular flexibility index (Phi) is 23.2. The molecule has 3 N–H and O–H groups in total. The molecule has 0 heterocycles. The second kappa shape index (κ2) is 24.4. The predicted octanol–water partition coefficient (Wildman–Crippen LogP) is 7.44. The Morgan fingerprint density at radius 3 is 1.11 bits per heavy atom. The molecule has 37 heavy (non-hydrogen) atoms. The fourth-order valence-corrected chi connectivity index (χ4v) is 5.02. The van der Waals surface area contributed by atoms with Crippen LogP contribution in [0.15, 0.2) is 12.2 Å². The number of quaternary nitrogens is 1. The molecule has 0 fully saturated rings. The summed E-state index contributed by atoms with van der Waals surface area (Å²) < 4.78 is -0.440. The summed E-state index contributed by atoms with van der Waals surface area (Å²) in [6.07, 6.45) is 29.4. The average molecular weight is 527 g/mol. The van der Waals surface area contributed by atoms with Crippen molar-refractivity contribution in [1.29, 1.82) is 0 Å². The van der Waals surface area contributed by atoms with Crippen molar-refractivity contribution in [1.82, 2.24) is 0 Å². The van der Waals surface area contributed by atoms with Crippen LogP contribution < -0.4 is 0 Å². The summed E-state index contributed by atoms with van der Waals surface area (Å²) in [6.45, 7) is 1.08. The zero-order chi connectivity index (χ0) is 27.6. The third-order valence-electron chi connectivity index (χ3n) is 7.06. The quantitative estimate of drug-likeness (QED) is 0.0555. The summed E-state index contributed by atoms with van der Waals surface area (Å²) in [5, 5.41) is 27.4. The minimum Gasteiger partial charge on any atom is -0.477 e. The van der Waals surface area contributed by atoms with Crippen molar-refractivity contribution in [3.63, 3.8) is 0 Å². The van der Waals surface area contributed by atoms with Crippen LogP contribution in [0.25, 0.3) is 0 Å². The summed E-state index contributed by atoms with van der Waals surface area (Å²) in [4.78, 5) is 33.6. The van der Waals surface area contributed by atoms with Crippen LogP contribution in [0.3, 0.4) is 0 Å². The van der Waals surface area contributed by atoms with Gasteiger partial charge < -0.3 is 15.3 Å². The molecule has 0 saturated carbocycles. The van der Waals surface area contributed by atoms with Gasteiger partial charge in [-0.15, -0.1) is 0 Å². The molecule has 0 saturated heterocycles. The fraction of sp³-hybridized carbons (Fsp3) is 0.833. The molecular weight excluding hydrogens is 470 g/mol. The first-order chi connectivity index (χ1) is 17.8. The molecule has 0 amide bonds. The molecule has 0 aromatic heterocycles. The number of carboxylic acid groups (broad SMARTS) is 3. The number of allylic oxidation sites excluding steroid dienone is 2. The van der Waals surface area contributed by atoms with E-state index in [-0.39, 0.29) is 6.54 Å². The van der Waals surface area contributed by atoms with E-state index in [0.29, 0.717) is 6.42 Å². The summed E-state index contributed by atoms with van der Waals surface area (Å²) >= 11 is 0. The molecule has 0 aliphatic carbocycles. The van der Waals surface area contributed by atoms with Gasteiger partial charge in [-0.3, -0.25) is 4.48 Å². The van der Waals surface area contributed by atoms with Crippen molar-refractivity contribution in [3.8, 4) is 0 Å². The first-order valence-corrected chi connectivity index (χ1v) is 15.0. The third-order valence-corrected chi connectivity index (χ3v) is 7.06. The maximum Gasteiger partial charge on any atom is 0.359 e. The van der Waals surface area contributed by atoms with Crippen LogP contribution in [0.5, 0.6) is 0 Å². The van der Waals surface area contributed by atoms with Crippen LogP contribution in [-0.2, 0) is 14.4 Å². The lowest BCUT2D eigenvalue weighted by Crippen LogP contribution is -2.57. The lowest BCUT2D eigenvalue weighted by atomic mass is 10.0. The number of carboxylic acids is 3. The summed E-state index contributed by atoms with van der Waals surface area (Å²) in [5.74, 6) is -3.52. The Balaban J connectivity index is 3.68. The van der Waals surface area contributed by atoms with Crippen molar-refractivity contribution < 1.29 is 34.2 Å². The second-order valence-electron chi connectivity index (χ2n) is 10.8. The number of unbranched alkanes of at least 4 members (excludes halogenated alkanes) is 18. The highest BCUT2D eigenvalue weighted by Gasteiger charge is 2.35. The van der Waals surface area contributed by atoms with Gasteiger partial charge in [0.2, 0.25) is 0 Å². The number of carbonyl (C=O) groups is 3. The minimum absolute atomic E-state index is 0.257. The second-order valence-corrected chi connectivity index (χ2v) is 10.8. The molecule has 0 aliphatic heterocycles. The summed E-state index contributed by atoms with van der Waals surface area (Å²) in [6, 6.07) is 0. The van der Waals surface area contributed by atoms with Crippen molar-refractivity contribution in [2.24, 2.45) is 0 Å².